The summed E-state index contributed by atoms with van der Waals surface area (Å²) in [5.41, 5.74) is 0. The van der Waals surface area contributed by atoms with Gasteiger partial charge in [-0.05, 0) is 25.8 Å². The van der Waals surface area contributed by atoms with Crippen LogP contribution in [0.5, 0.6) is 0 Å². The molecule has 0 aromatic carbocycles. The molecule has 2 N–H and O–H groups in total. The van der Waals surface area contributed by atoms with Gasteiger partial charge in [-0.3, -0.25) is 5.32 Å². The van der Waals surface area contributed by atoms with E-state index < -0.39 is 0 Å². The van der Waals surface area contributed by atoms with E-state index in [-0.39, 0.29) is 6.23 Å². The van der Waals surface area contributed by atoms with Gasteiger partial charge in [-0.15, -0.1) is 0 Å². The quantitative estimate of drug-likeness (QED) is 0.326. The highest BCUT2D eigenvalue weighted by atomic mass is 16.3. The minimum absolute atomic E-state index is 0.383. The van der Waals surface area contributed by atoms with Gasteiger partial charge in [0.1, 0.15) is 12.5 Å². The highest BCUT2D eigenvalue weighted by Gasteiger charge is 1.96. The van der Waals surface area contributed by atoms with Gasteiger partial charge in [0.25, 0.3) is 0 Å². The summed E-state index contributed by atoms with van der Waals surface area (Å²) in [4.78, 5) is 9.89. The van der Waals surface area contributed by atoms with Crippen molar-refractivity contribution in [2.75, 3.05) is 6.54 Å². The van der Waals surface area contributed by atoms with Crippen molar-refractivity contribution < 1.29 is 9.90 Å². The Morgan fingerprint density at radius 1 is 1.55 bits per heavy atom. The molecule has 3 heteroatoms. The fourth-order valence-electron chi connectivity index (χ4n) is 0.766. The van der Waals surface area contributed by atoms with E-state index in [0.717, 1.165) is 32.1 Å². The summed E-state index contributed by atoms with van der Waals surface area (Å²) in [5, 5.41) is 12.0. The maximum Gasteiger partial charge on any atom is 0.119 e. The van der Waals surface area contributed by atoms with Crippen molar-refractivity contribution in [3.63, 3.8) is 0 Å². The molecule has 0 heterocycles. The van der Waals surface area contributed by atoms with Crippen molar-refractivity contribution in [1.82, 2.24) is 5.32 Å². The molecule has 66 valence electrons. The van der Waals surface area contributed by atoms with Crippen LogP contribution >= 0.6 is 0 Å². The maximum absolute atomic E-state index is 9.89. The Hall–Kier alpha value is -0.410. The second-order valence-electron chi connectivity index (χ2n) is 2.54. The lowest BCUT2D eigenvalue weighted by atomic mass is 10.2. The molecule has 0 aliphatic rings. The normalized spacial score (nSPS) is 12.9. The molecule has 1 atom stereocenters. The van der Waals surface area contributed by atoms with E-state index in [1.807, 2.05) is 6.92 Å². The number of aliphatic hydroxyl groups excluding tert-OH is 1. The van der Waals surface area contributed by atoms with Crippen LogP contribution in [0.4, 0.5) is 0 Å². The van der Waals surface area contributed by atoms with Gasteiger partial charge in [-0.25, -0.2) is 0 Å². The molecule has 1 unspecified atom stereocenters. The fraction of sp³-hybridized carbons (Fsp3) is 0.875. The Balaban J connectivity index is 2.95. The molecule has 0 aliphatic heterocycles. The summed E-state index contributed by atoms with van der Waals surface area (Å²) >= 11 is 0. The molecule has 0 spiro atoms. The standard InChI is InChI=1S/C8H17NO2/c1-2-8(11)9-6-4-3-5-7-10/h7-9,11H,2-6H2,1H3. The second-order valence-corrected chi connectivity index (χ2v) is 2.54. The molecule has 0 amide bonds. The number of rotatable bonds is 7. The average molecular weight is 159 g/mol. The van der Waals surface area contributed by atoms with E-state index in [4.69, 9.17) is 5.11 Å². The Bertz CT molecular complexity index is 96.1. The Kier molecular flexibility index (Phi) is 7.41. The molecule has 0 saturated heterocycles. The summed E-state index contributed by atoms with van der Waals surface area (Å²) < 4.78 is 0. The van der Waals surface area contributed by atoms with E-state index in [9.17, 15) is 4.79 Å². The van der Waals surface area contributed by atoms with E-state index in [2.05, 4.69) is 5.32 Å². The SMILES string of the molecule is CCC(O)NCCCCC=O. The van der Waals surface area contributed by atoms with Crippen molar-refractivity contribution in [2.24, 2.45) is 0 Å². The van der Waals surface area contributed by atoms with Gasteiger partial charge in [0.15, 0.2) is 0 Å². The number of carbonyl (C=O) groups is 1. The van der Waals surface area contributed by atoms with Crippen molar-refractivity contribution in [1.29, 1.82) is 0 Å². The van der Waals surface area contributed by atoms with Crippen molar-refractivity contribution in [2.45, 2.75) is 38.8 Å². The number of aldehydes is 1. The maximum atomic E-state index is 9.89. The van der Waals surface area contributed by atoms with Gasteiger partial charge in [0.2, 0.25) is 0 Å². The fourth-order valence-corrected chi connectivity index (χ4v) is 0.766. The lowest BCUT2D eigenvalue weighted by molar-refractivity contribution is -0.107. The number of unbranched alkanes of at least 4 members (excludes halogenated alkanes) is 2. The van der Waals surface area contributed by atoms with E-state index in [0.29, 0.717) is 6.42 Å². The van der Waals surface area contributed by atoms with E-state index in [1.165, 1.54) is 0 Å². The third-order valence-corrected chi connectivity index (χ3v) is 1.52. The summed E-state index contributed by atoms with van der Waals surface area (Å²) in [6, 6.07) is 0. The number of aliphatic hydroxyl groups is 1. The zero-order valence-corrected chi connectivity index (χ0v) is 7.05. The second kappa shape index (κ2) is 7.69. The van der Waals surface area contributed by atoms with Crippen molar-refractivity contribution in [3.05, 3.63) is 0 Å². The van der Waals surface area contributed by atoms with Crippen LogP contribution < -0.4 is 5.32 Å². The van der Waals surface area contributed by atoms with Gasteiger partial charge < -0.3 is 9.90 Å². The first-order valence-corrected chi connectivity index (χ1v) is 4.16. The molecular formula is C8H17NO2. The lowest BCUT2D eigenvalue weighted by Gasteiger charge is -2.08. The van der Waals surface area contributed by atoms with Crippen LogP contribution in [0.15, 0.2) is 0 Å². The van der Waals surface area contributed by atoms with Gasteiger partial charge in [0, 0.05) is 6.42 Å². The molecule has 0 aliphatic carbocycles. The zero-order chi connectivity index (χ0) is 8.53. The third-order valence-electron chi connectivity index (χ3n) is 1.52. The molecule has 11 heavy (non-hydrogen) atoms. The molecular weight excluding hydrogens is 142 g/mol. The molecule has 0 aromatic rings. The lowest BCUT2D eigenvalue weighted by Crippen LogP contribution is -2.28. The van der Waals surface area contributed by atoms with Crippen LogP contribution in [0.2, 0.25) is 0 Å². The first-order valence-electron chi connectivity index (χ1n) is 4.16. The summed E-state index contributed by atoms with van der Waals surface area (Å²) in [6.45, 7) is 2.71. The van der Waals surface area contributed by atoms with E-state index >= 15 is 0 Å². The molecule has 0 radical (unpaired) electrons. The largest absolute Gasteiger partial charge is 0.379 e. The van der Waals surface area contributed by atoms with Crippen LogP contribution in [0, 0.1) is 0 Å². The molecule has 0 fully saturated rings. The summed E-state index contributed by atoms with van der Waals surface area (Å²) in [5.74, 6) is 0. The predicted octanol–water partition coefficient (Wildman–Crippen LogP) is 0.674. The Morgan fingerprint density at radius 3 is 2.82 bits per heavy atom. The topological polar surface area (TPSA) is 49.3 Å². The Morgan fingerprint density at radius 2 is 2.27 bits per heavy atom. The van der Waals surface area contributed by atoms with Gasteiger partial charge in [-0.1, -0.05) is 6.92 Å². The van der Waals surface area contributed by atoms with E-state index in [1.54, 1.807) is 0 Å². The minimum Gasteiger partial charge on any atom is -0.379 e. The summed E-state index contributed by atoms with van der Waals surface area (Å²) in [7, 11) is 0. The van der Waals surface area contributed by atoms with Crippen LogP contribution in [0.1, 0.15) is 32.6 Å². The highest BCUT2D eigenvalue weighted by Crippen LogP contribution is 1.91. The summed E-state index contributed by atoms with van der Waals surface area (Å²) in [6.07, 6.45) is 3.77. The number of nitrogens with one attached hydrogen (secondary N) is 1. The number of carbonyl (C=O) groups excluding carboxylic acids is 1. The van der Waals surface area contributed by atoms with Crippen molar-refractivity contribution in [3.8, 4) is 0 Å². The molecule has 3 nitrogen and oxygen atoms in total. The minimum atomic E-state index is -0.383. The predicted molar refractivity (Wildman–Crippen MR) is 44.2 cm³/mol. The third kappa shape index (κ3) is 7.49. The van der Waals surface area contributed by atoms with Gasteiger partial charge in [-0.2, -0.15) is 0 Å². The molecule has 0 saturated carbocycles. The van der Waals surface area contributed by atoms with Gasteiger partial charge in [0.05, 0.1) is 0 Å². The van der Waals surface area contributed by atoms with Crippen LogP contribution in [0.25, 0.3) is 0 Å². The van der Waals surface area contributed by atoms with Gasteiger partial charge >= 0.3 is 0 Å². The molecule has 0 bridgehead atoms. The monoisotopic (exact) mass is 159 g/mol. The average Bonchev–Trinajstić information content (AvgIpc) is 2.04. The molecule has 0 aromatic heterocycles. The van der Waals surface area contributed by atoms with Crippen LogP contribution in [0.3, 0.4) is 0 Å². The highest BCUT2D eigenvalue weighted by molar-refractivity contribution is 5.48. The smallest absolute Gasteiger partial charge is 0.119 e. The first-order chi connectivity index (χ1) is 5.31. The number of hydrogen-bond donors (Lipinski definition) is 2. The van der Waals surface area contributed by atoms with Crippen LogP contribution in [-0.4, -0.2) is 24.2 Å². The first kappa shape index (κ1) is 10.6. The van der Waals surface area contributed by atoms with Crippen LogP contribution in [-0.2, 0) is 4.79 Å². The molecule has 0 rings (SSSR count). The van der Waals surface area contributed by atoms with Crippen molar-refractivity contribution >= 4 is 6.29 Å². The zero-order valence-electron chi connectivity index (χ0n) is 7.05. The number of hydrogen-bond acceptors (Lipinski definition) is 3. The Labute approximate surface area is 67.8 Å².